The first-order valence-corrected chi connectivity index (χ1v) is 12.4. The topological polar surface area (TPSA) is 65.0 Å². The van der Waals surface area contributed by atoms with E-state index in [1.807, 2.05) is 35.6 Å². The fourth-order valence-electron chi connectivity index (χ4n) is 3.14. The highest BCUT2D eigenvalue weighted by Crippen LogP contribution is 2.41. The van der Waals surface area contributed by atoms with Crippen LogP contribution in [0.2, 0.25) is 10.0 Å². The van der Waals surface area contributed by atoms with Crippen LogP contribution < -0.4 is 9.47 Å². The molecule has 3 rings (SSSR count). The number of sulfone groups is 1. The van der Waals surface area contributed by atoms with E-state index in [2.05, 4.69) is 4.99 Å². The smallest absolute Gasteiger partial charge is 0.206 e. The summed E-state index contributed by atoms with van der Waals surface area (Å²) in [5, 5.41) is -0.122. The Kier molecular flexibility index (Phi) is 7.37. The minimum Gasteiger partial charge on any atom is -0.495 e. The van der Waals surface area contributed by atoms with Crippen LogP contribution in [0.4, 0.5) is 0 Å². The van der Waals surface area contributed by atoms with Crippen molar-refractivity contribution in [3.63, 3.8) is 0 Å². The molecule has 2 aromatic rings. The number of hydrogen-bond donors (Lipinski definition) is 0. The molecule has 2 aromatic carbocycles. The van der Waals surface area contributed by atoms with Crippen molar-refractivity contribution in [2.75, 3.05) is 14.2 Å². The molecule has 1 atom stereocenters. The van der Waals surface area contributed by atoms with Crippen LogP contribution in [-0.4, -0.2) is 33.7 Å². The van der Waals surface area contributed by atoms with Gasteiger partial charge in [-0.25, -0.2) is 8.42 Å². The van der Waals surface area contributed by atoms with Gasteiger partial charge in [0.25, 0.3) is 0 Å². The molecule has 0 radical (unpaired) electrons. The molecule has 0 saturated heterocycles. The second-order valence-electron chi connectivity index (χ2n) is 6.74. The molecule has 5 nitrogen and oxygen atoms in total. The zero-order chi connectivity index (χ0) is 22.1. The van der Waals surface area contributed by atoms with Gasteiger partial charge in [-0.1, -0.05) is 29.3 Å². The van der Waals surface area contributed by atoms with Gasteiger partial charge in [0.2, 0.25) is 9.84 Å². The van der Waals surface area contributed by atoms with Gasteiger partial charge in [-0.2, -0.15) is 0 Å². The van der Waals surface area contributed by atoms with E-state index in [1.54, 1.807) is 30.4 Å². The molecule has 0 N–H and O–H groups in total. The molecule has 0 aliphatic carbocycles. The van der Waals surface area contributed by atoms with E-state index >= 15 is 0 Å². The molecule has 0 aromatic heterocycles. The van der Waals surface area contributed by atoms with Crippen molar-refractivity contribution < 1.29 is 17.9 Å². The third kappa shape index (κ3) is 4.64. The molecule has 9 heteroatoms. The van der Waals surface area contributed by atoms with Crippen LogP contribution in [0.3, 0.4) is 0 Å². The summed E-state index contributed by atoms with van der Waals surface area (Å²) in [6, 6.07) is 6.90. The normalized spacial score (nSPS) is 15.9. The maximum absolute atomic E-state index is 13.0. The monoisotopic (exact) mass is 579 g/mol. The second kappa shape index (κ2) is 9.46. The van der Waals surface area contributed by atoms with E-state index in [4.69, 9.17) is 32.7 Å². The molecule has 0 saturated carbocycles. The lowest BCUT2D eigenvalue weighted by Crippen LogP contribution is -2.17. The van der Waals surface area contributed by atoms with Crippen LogP contribution in [0, 0.1) is 10.5 Å². The van der Waals surface area contributed by atoms with Gasteiger partial charge in [-0.15, -0.1) is 0 Å². The van der Waals surface area contributed by atoms with Crippen molar-refractivity contribution in [3.8, 4) is 11.5 Å². The van der Waals surface area contributed by atoms with Gasteiger partial charge >= 0.3 is 0 Å². The molecule has 1 aliphatic heterocycles. The van der Waals surface area contributed by atoms with Gasteiger partial charge in [0.05, 0.1) is 29.2 Å². The van der Waals surface area contributed by atoms with Crippen molar-refractivity contribution in [1.29, 1.82) is 0 Å². The van der Waals surface area contributed by atoms with E-state index in [0.29, 0.717) is 49.2 Å². The predicted molar refractivity (Wildman–Crippen MR) is 129 cm³/mol. The maximum Gasteiger partial charge on any atom is 0.206 e. The molecule has 1 heterocycles. The number of methoxy groups -OCH3 is 2. The van der Waals surface area contributed by atoms with E-state index in [0.717, 1.165) is 5.56 Å². The molecule has 1 aliphatic rings. The van der Waals surface area contributed by atoms with E-state index in [1.165, 1.54) is 14.2 Å². The Morgan fingerprint density at radius 3 is 2.27 bits per heavy atom. The number of ether oxygens (including phenoxy) is 2. The van der Waals surface area contributed by atoms with Crippen LogP contribution in [-0.2, 0) is 16.3 Å². The van der Waals surface area contributed by atoms with Crippen molar-refractivity contribution in [3.05, 3.63) is 61.2 Å². The molecule has 0 fully saturated rings. The third-order valence-electron chi connectivity index (χ3n) is 4.75. The molecule has 0 bridgehead atoms. The van der Waals surface area contributed by atoms with Crippen molar-refractivity contribution >= 4 is 61.3 Å². The Hall–Kier alpha value is -1.29. The number of allylic oxidation sites excluding steroid dienone is 1. The summed E-state index contributed by atoms with van der Waals surface area (Å²) in [6.07, 6.45) is 4.28. The number of rotatable bonds is 7. The maximum atomic E-state index is 13.0. The number of aryl methyl sites for hydroxylation is 1. The summed E-state index contributed by atoms with van der Waals surface area (Å²) in [5.74, 6) is 0.928. The quantitative estimate of drug-likeness (QED) is 0.397. The molecule has 1 unspecified atom stereocenters. The summed E-state index contributed by atoms with van der Waals surface area (Å²) in [6.45, 7) is 1.92. The number of aliphatic imine (C=N–C) groups is 1. The van der Waals surface area contributed by atoms with E-state index in [-0.39, 0.29) is 4.90 Å². The van der Waals surface area contributed by atoms with Gasteiger partial charge in [0.15, 0.2) is 5.37 Å². The standard InChI is InChI=1S/C21H20Cl2INO4S/c1-12-4-8-18(15(24)10-12)30(26,27)19-9-6-13(25-19)5-7-14-20(22)16(28-2)11-17(29-3)21(14)23/h4,6,8-11,19H,5,7H2,1-3H3. The Morgan fingerprint density at radius 1 is 1.07 bits per heavy atom. The van der Waals surface area contributed by atoms with Crippen molar-refractivity contribution in [1.82, 2.24) is 0 Å². The Labute approximate surface area is 200 Å². The molecule has 0 spiro atoms. The Bertz CT molecular complexity index is 1120. The second-order valence-corrected chi connectivity index (χ2v) is 10.7. The molecular weight excluding hydrogens is 560 g/mol. The number of benzene rings is 2. The number of hydrogen-bond acceptors (Lipinski definition) is 5. The predicted octanol–water partition coefficient (Wildman–Crippen LogP) is 5.67. The summed E-state index contributed by atoms with van der Waals surface area (Å²) < 4.78 is 37.3. The lowest BCUT2D eigenvalue weighted by molar-refractivity contribution is 0.393. The molecule has 0 amide bonds. The average Bonchev–Trinajstić information content (AvgIpc) is 3.18. The largest absolute Gasteiger partial charge is 0.495 e. The minimum atomic E-state index is -3.61. The third-order valence-corrected chi connectivity index (χ3v) is 8.71. The fraction of sp³-hybridized carbons (Fsp3) is 0.286. The van der Waals surface area contributed by atoms with Crippen LogP contribution in [0.1, 0.15) is 17.5 Å². The number of nitrogens with zero attached hydrogens (tertiary/aromatic N) is 1. The zero-order valence-corrected chi connectivity index (χ0v) is 21.1. The highest BCUT2D eigenvalue weighted by atomic mass is 127. The summed E-state index contributed by atoms with van der Waals surface area (Å²) in [5.41, 5.74) is 2.34. The van der Waals surface area contributed by atoms with Gasteiger partial charge in [0.1, 0.15) is 11.5 Å². The Morgan fingerprint density at radius 2 is 1.70 bits per heavy atom. The lowest BCUT2D eigenvalue weighted by Gasteiger charge is -2.14. The Balaban J connectivity index is 1.82. The lowest BCUT2D eigenvalue weighted by atomic mass is 10.1. The van der Waals surface area contributed by atoms with Crippen molar-refractivity contribution in [2.24, 2.45) is 4.99 Å². The van der Waals surface area contributed by atoms with Gasteiger partial charge in [0, 0.05) is 15.3 Å². The van der Waals surface area contributed by atoms with Gasteiger partial charge < -0.3 is 9.47 Å². The number of halogens is 3. The van der Waals surface area contributed by atoms with E-state index in [9.17, 15) is 8.42 Å². The van der Waals surface area contributed by atoms with Crippen LogP contribution >= 0.6 is 45.8 Å². The fourth-order valence-corrected chi connectivity index (χ4v) is 6.83. The first-order chi connectivity index (χ1) is 14.2. The minimum absolute atomic E-state index is 0.289. The van der Waals surface area contributed by atoms with Crippen molar-refractivity contribution in [2.45, 2.75) is 30.0 Å². The van der Waals surface area contributed by atoms with Gasteiger partial charge in [-0.3, -0.25) is 4.99 Å². The summed E-state index contributed by atoms with van der Waals surface area (Å²) >= 11 is 14.9. The average molecular weight is 580 g/mol. The molecule has 30 heavy (non-hydrogen) atoms. The highest BCUT2D eigenvalue weighted by molar-refractivity contribution is 14.1. The molecule has 160 valence electrons. The highest BCUT2D eigenvalue weighted by Gasteiger charge is 2.29. The van der Waals surface area contributed by atoms with Crippen LogP contribution in [0.5, 0.6) is 11.5 Å². The first-order valence-electron chi connectivity index (χ1n) is 9.02. The molecular formula is C21H20Cl2INO4S. The SMILES string of the molecule is COc1cc(OC)c(Cl)c(CCC2=NC(S(=O)(=O)c3ccc(C)cc3I)C=C2)c1Cl. The van der Waals surface area contributed by atoms with Gasteiger partial charge in [-0.05, 0) is 77.8 Å². The first kappa shape index (κ1) is 23.4. The summed E-state index contributed by atoms with van der Waals surface area (Å²) in [4.78, 5) is 4.71. The zero-order valence-electron chi connectivity index (χ0n) is 16.6. The van der Waals surface area contributed by atoms with Crippen LogP contribution in [0.25, 0.3) is 0 Å². The van der Waals surface area contributed by atoms with E-state index < -0.39 is 15.2 Å². The summed E-state index contributed by atoms with van der Waals surface area (Å²) in [7, 11) is -0.578. The van der Waals surface area contributed by atoms with Crippen LogP contribution in [0.15, 0.2) is 46.3 Å².